The van der Waals surface area contributed by atoms with Crippen molar-refractivity contribution >= 4 is 11.9 Å². The molecule has 1 aromatic rings. The smallest absolute Gasteiger partial charge is 0.335 e. The van der Waals surface area contributed by atoms with Crippen molar-refractivity contribution in [1.29, 1.82) is 0 Å². The molecule has 8 rings (SSSR count). The number of carboxylic acid groups (broad SMARTS) is 2. The maximum absolute atomic E-state index is 13.5. The second-order valence-corrected chi connectivity index (χ2v) is 20.5. The Morgan fingerprint density at radius 1 is 0.891 bits per heavy atom. The second kappa shape index (κ2) is 13.0. The van der Waals surface area contributed by atoms with Crippen LogP contribution in [0.25, 0.3) is 0 Å². The van der Waals surface area contributed by atoms with Crippen LogP contribution in [0, 0.1) is 49.7 Å². The Balaban J connectivity index is 1.19. The molecule has 0 radical (unpaired) electrons. The number of aromatic amines is 1. The molecule has 6 aliphatic carbocycles. The molecule has 5 fully saturated rings. The van der Waals surface area contributed by atoms with E-state index in [1.165, 1.54) is 16.7 Å². The Labute approximate surface area is 326 Å². The van der Waals surface area contributed by atoms with E-state index in [1.807, 2.05) is 0 Å². The van der Waals surface area contributed by atoms with E-state index in [-0.39, 0.29) is 33.7 Å². The summed E-state index contributed by atoms with van der Waals surface area (Å²) in [5.41, 5.74) is 2.24. The zero-order valence-electron chi connectivity index (χ0n) is 33.8. The third-order valence-corrected chi connectivity index (χ3v) is 18.1. The van der Waals surface area contributed by atoms with Gasteiger partial charge in [0.05, 0.1) is 11.5 Å². The van der Waals surface area contributed by atoms with Crippen molar-refractivity contribution in [2.45, 2.75) is 168 Å². The first-order valence-corrected chi connectivity index (χ1v) is 21.2. The number of fused-ring (bicyclic) bond motifs is 6. The Bertz CT molecular complexity index is 1770. The Morgan fingerprint density at radius 2 is 1.62 bits per heavy atom. The van der Waals surface area contributed by atoms with Gasteiger partial charge in [-0.25, -0.2) is 4.79 Å². The number of ether oxygens (including phenoxy) is 2. The summed E-state index contributed by atoms with van der Waals surface area (Å²) in [6, 6.07) is 0. The number of aliphatic carboxylic acids is 2. The van der Waals surface area contributed by atoms with Gasteiger partial charge in [0.25, 0.3) is 0 Å². The van der Waals surface area contributed by atoms with Gasteiger partial charge in [-0.3, -0.25) is 4.79 Å². The predicted octanol–water partition coefficient (Wildman–Crippen LogP) is 6.96. The van der Waals surface area contributed by atoms with Gasteiger partial charge < -0.3 is 40.0 Å². The maximum Gasteiger partial charge on any atom is 0.335 e. The van der Waals surface area contributed by atoms with Crippen molar-refractivity contribution < 1.29 is 44.6 Å². The van der Waals surface area contributed by atoms with E-state index in [0.717, 1.165) is 77.0 Å². The number of aliphatic hydroxyl groups excluding tert-OH is 3. The molecule has 14 atom stereocenters. The Morgan fingerprint density at radius 3 is 2.33 bits per heavy atom. The largest absolute Gasteiger partial charge is 0.481 e. The topological polar surface area (TPSA) is 170 Å². The molecule has 1 aliphatic heterocycles. The maximum atomic E-state index is 13.5. The minimum atomic E-state index is -1.77. The van der Waals surface area contributed by atoms with Crippen LogP contribution in [-0.2, 0) is 31.9 Å². The summed E-state index contributed by atoms with van der Waals surface area (Å²) in [7, 11) is 0. The van der Waals surface area contributed by atoms with Gasteiger partial charge >= 0.3 is 11.9 Å². The highest BCUT2D eigenvalue weighted by atomic mass is 16.7. The first-order valence-electron chi connectivity index (χ1n) is 21.2. The molecule has 10 nitrogen and oxygen atoms in total. The molecule has 2 heterocycles. The van der Waals surface area contributed by atoms with Crippen molar-refractivity contribution in [2.75, 3.05) is 0 Å². The van der Waals surface area contributed by atoms with Crippen molar-refractivity contribution in [3.05, 3.63) is 47.3 Å². The molecule has 0 aromatic carbocycles. The zero-order valence-corrected chi connectivity index (χ0v) is 33.8. The average molecular weight is 764 g/mol. The SMILES string of the molecule is CCc1c[nH]cc1CC[C@]12CC[C@H](O[C@@H]3O[C@H](C(=O)O)[C@@H](O)[C@H](O)[C@H]3O)C(C)(C)[C@@H]1CC[C@]1(C)[C@@H]2CC=C2[C@@]34C=CC[C@@](C)(CC[C@]3(C(=O)O)CC[C@]21C)C4. The van der Waals surface area contributed by atoms with Crippen molar-refractivity contribution in [1.82, 2.24) is 4.98 Å². The van der Waals surface area contributed by atoms with E-state index in [4.69, 9.17) is 9.47 Å². The number of aryl methyl sites for hydroxylation is 2. The van der Waals surface area contributed by atoms with E-state index in [2.05, 4.69) is 77.1 Å². The molecule has 304 valence electrons. The summed E-state index contributed by atoms with van der Waals surface area (Å²) < 4.78 is 12.2. The molecular formula is C45H65NO9. The van der Waals surface area contributed by atoms with Gasteiger partial charge in [-0.2, -0.15) is 0 Å². The number of aliphatic hydroxyl groups is 3. The summed E-state index contributed by atoms with van der Waals surface area (Å²) in [6.07, 6.45) is 15.5. The van der Waals surface area contributed by atoms with Gasteiger partial charge in [-0.05, 0) is 140 Å². The summed E-state index contributed by atoms with van der Waals surface area (Å²) >= 11 is 0. The molecule has 4 saturated carbocycles. The molecule has 55 heavy (non-hydrogen) atoms. The fourth-order valence-corrected chi connectivity index (χ4v) is 14.9. The molecule has 1 aromatic heterocycles. The van der Waals surface area contributed by atoms with Gasteiger partial charge in [0.2, 0.25) is 0 Å². The molecule has 7 aliphatic rings. The van der Waals surface area contributed by atoms with Crippen LogP contribution in [0.2, 0.25) is 0 Å². The molecule has 1 saturated heterocycles. The van der Waals surface area contributed by atoms with E-state index in [9.17, 15) is 35.1 Å². The average Bonchev–Trinajstić information content (AvgIpc) is 3.59. The third kappa shape index (κ3) is 5.29. The van der Waals surface area contributed by atoms with E-state index in [1.54, 1.807) is 0 Å². The molecule has 10 heteroatoms. The number of carboxylic acids is 2. The fourth-order valence-electron chi connectivity index (χ4n) is 14.9. The summed E-state index contributed by atoms with van der Waals surface area (Å²) in [6.45, 7) is 14.1. The number of hydrogen-bond acceptors (Lipinski definition) is 7. The summed E-state index contributed by atoms with van der Waals surface area (Å²) in [5.74, 6) is -1.46. The highest BCUT2D eigenvalue weighted by Gasteiger charge is 2.74. The van der Waals surface area contributed by atoms with Crippen LogP contribution in [0.4, 0.5) is 0 Å². The predicted molar refractivity (Wildman–Crippen MR) is 206 cm³/mol. The highest BCUT2D eigenvalue weighted by molar-refractivity contribution is 5.79. The second-order valence-electron chi connectivity index (χ2n) is 20.5. The van der Waals surface area contributed by atoms with E-state index < -0.39 is 58.9 Å². The number of hydrogen-bond donors (Lipinski definition) is 6. The first-order chi connectivity index (χ1) is 25.8. The number of aromatic nitrogens is 1. The Hall–Kier alpha value is -2.50. The van der Waals surface area contributed by atoms with Crippen LogP contribution in [0.3, 0.4) is 0 Å². The quantitative estimate of drug-likeness (QED) is 0.121. The van der Waals surface area contributed by atoms with Crippen LogP contribution in [0.15, 0.2) is 36.2 Å². The number of allylic oxidation sites excluding steroid dienone is 4. The third-order valence-electron chi connectivity index (χ3n) is 18.1. The summed E-state index contributed by atoms with van der Waals surface area (Å²) in [4.78, 5) is 28.8. The lowest BCUT2D eigenvalue weighted by Crippen LogP contribution is -2.68. The molecule has 6 N–H and O–H groups in total. The number of H-pyrrole nitrogens is 1. The van der Waals surface area contributed by atoms with E-state index >= 15 is 0 Å². The minimum absolute atomic E-state index is 0.0702. The summed E-state index contributed by atoms with van der Waals surface area (Å²) in [5, 5.41) is 52.8. The molecular weight excluding hydrogens is 698 g/mol. The van der Waals surface area contributed by atoms with Gasteiger partial charge in [-0.1, -0.05) is 65.3 Å². The lowest BCUT2D eigenvalue weighted by molar-refractivity contribution is -0.325. The molecule has 2 bridgehead atoms. The Kier molecular flexibility index (Phi) is 9.30. The molecule has 0 unspecified atom stereocenters. The normalized spacial score (nSPS) is 48.4. The number of carbonyl (C=O) groups is 2. The van der Waals surface area contributed by atoms with Gasteiger partial charge in [0.15, 0.2) is 12.4 Å². The van der Waals surface area contributed by atoms with Crippen molar-refractivity contribution in [3.63, 3.8) is 0 Å². The van der Waals surface area contributed by atoms with Crippen LogP contribution in [0.5, 0.6) is 0 Å². The fraction of sp³-hybridized carbons (Fsp3) is 0.778. The van der Waals surface area contributed by atoms with Crippen LogP contribution < -0.4 is 0 Å². The van der Waals surface area contributed by atoms with Crippen LogP contribution in [0.1, 0.15) is 130 Å². The van der Waals surface area contributed by atoms with Crippen molar-refractivity contribution in [2.24, 2.45) is 49.7 Å². The lowest BCUT2D eigenvalue weighted by atomic mass is 9.30. The molecule has 0 amide bonds. The first kappa shape index (κ1) is 39.3. The monoisotopic (exact) mass is 763 g/mol. The van der Waals surface area contributed by atoms with Crippen LogP contribution >= 0.6 is 0 Å². The van der Waals surface area contributed by atoms with Crippen LogP contribution in [-0.4, -0.2) is 79.3 Å². The minimum Gasteiger partial charge on any atom is -0.481 e. The molecule has 1 spiro atoms. The number of rotatable bonds is 8. The highest BCUT2D eigenvalue weighted by Crippen LogP contribution is 2.80. The lowest BCUT2D eigenvalue weighted by Gasteiger charge is -2.74. The van der Waals surface area contributed by atoms with Gasteiger partial charge in [0, 0.05) is 17.8 Å². The van der Waals surface area contributed by atoms with Gasteiger partial charge in [-0.15, -0.1) is 0 Å². The van der Waals surface area contributed by atoms with E-state index in [0.29, 0.717) is 18.8 Å². The zero-order chi connectivity index (χ0) is 39.6. The van der Waals surface area contributed by atoms with Gasteiger partial charge in [0.1, 0.15) is 18.3 Å². The standard InChI is InChI=1S/C45H65NO9/c1-7-26-23-46-24-27(26)11-17-43-18-13-31(54-37-34(49)32(47)33(48)35(55-37)36(50)51)39(2,3)28(43)12-16-41(5)29(43)9-10-30-42(41,6)20-22-44(38(52)53)21-19-40(4)14-8-15-45(30,44)25-40/h8,10,15,23-24,28-29,31-35,37,46-49H,7,9,11-14,16-22,25H2,1-6H3,(H,50,51)(H,52,53)/t28-,29-,31-,32-,33-,34+,35-,37+,40-,41+,42+,43-,44+,45-/m0/s1. The number of nitrogens with one attached hydrogen (secondary N) is 1. The van der Waals surface area contributed by atoms with Crippen molar-refractivity contribution in [3.8, 4) is 0 Å².